The third-order valence-corrected chi connectivity index (χ3v) is 4.04. The van der Waals surface area contributed by atoms with Crippen LogP contribution in [0, 0.1) is 13.8 Å². The first kappa shape index (κ1) is 15.8. The molecule has 0 radical (unpaired) electrons. The van der Waals surface area contributed by atoms with E-state index in [1.54, 1.807) is 25.1 Å². The molecule has 0 saturated heterocycles. The number of amides is 1. The van der Waals surface area contributed by atoms with Crippen molar-refractivity contribution in [2.45, 2.75) is 13.8 Å². The first-order valence-corrected chi connectivity index (χ1v) is 7.50. The molecule has 5 nitrogen and oxygen atoms in total. The molecule has 0 bridgehead atoms. The Morgan fingerprint density at radius 2 is 1.75 bits per heavy atom. The highest BCUT2D eigenvalue weighted by molar-refractivity contribution is 6.07. The van der Waals surface area contributed by atoms with Gasteiger partial charge in [-0.05, 0) is 37.6 Å². The van der Waals surface area contributed by atoms with Crippen LogP contribution in [0.5, 0.6) is 0 Å². The van der Waals surface area contributed by atoms with Crippen LogP contribution >= 0.6 is 0 Å². The van der Waals surface area contributed by atoms with Crippen LogP contribution in [0.2, 0.25) is 0 Å². The predicted octanol–water partition coefficient (Wildman–Crippen LogP) is 4.09. The number of methoxy groups -OCH3 is 1. The average Bonchev–Trinajstić information content (AvgIpc) is 2.93. The summed E-state index contributed by atoms with van der Waals surface area (Å²) < 4.78 is 10.4. The zero-order chi connectivity index (χ0) is 17.3. The molecule has 0 atom stereocenters. The zero-order valence-electron chi connectivity index (χ0n) is 13.7. The summed E-state index contributed by atoms with van der Waals surface area (Å²) in [5.74, 6) is -0.531. The Hall–Kier alpha value is -3.08. The minimum atomic E-state index is -0.441. The van der Waals surface area contributed by atoms with Crippen molar-refractivity contribution in [3.63, 3.8) is 0 Å². The van der Waals surface area contributed by atoms with Gasteiger partial charge in [-0.1, -0.05) is 24.3 Å². The van der Waals surface area contributed by atoms with Gasteiger partial charge in [-0.25, -0.2) is 4.79 Å². The molecule has 1 aromatic heterocycles. The Balaban J connectivity index is 1.95. The minimum Gasteiger partial charge on any atom is -0.465 e. The van der Waals surface area contributed by atoms with E-state index in [-0.39, 0.29) is 11.7 Å². The molecule has 24 heavy (non-hydrogen) atoms. The van der Waals surface area contributed by atoms with Crippen molar-refractivity contribution in [3.05, 3.63) is 64.9 Å². The van der Waals surface area contributed by atoms with Crippen molar-refractivity contribution in [2.24, 2.45) is 0 Å². The Labute approximate surface area is 139 Å². The van der Waals surface area contributed by atoms with Crippen LogP contribution in [0.3, 0.4) is 0 Å². The number of hydrogen-bond acceptors (Lipinski definition) is 4. The van der Waals surface area contributed by atoms with E-state index in [1.807, 2.05) is 31.2 Å². The highest BCUT2D eigenvalue weighted by atomic mass is 16.5. The maximum absolute atomic E-state index is 12.6. The molecule has 3 rings (SSSR count). The number of para-hydroxylation sites is 1. The summed E-state index contributed by atoms with van der Waals surface area (Å²) in [4.78, 5) is 24.3. The van der Waals surface area contributed by atoms with E-state index in [0.29, 0.717) is 22.4 Å². The van der Waals surface area contributed by atoms with Gasteiger partial charge in [-0.3, -0.25) is 4.79 Å². The summed E-state index contributed by atoms with van der Waals surface area (Å²) in [6, 6.07) is 12.6. The smallest absolute Gasteiger partial charge is 0.338 e. The van der Waals surface area contributed by atoms with Crippen molar-refractivity contribution < 1.29 is 18.7 Å². The van der Waals surface area contributed by atoms with Crippen LogP contribution in [-0.4, -0.2) is 19.0 Å². The number of carbonyl (C=O) groups is 2. The molecule has 0 unspecified atom stereocenters. The van der Waals surface area contributed by atoms with Gasteiger partial charge in [0.05, 0.1) is 12.7 Å². The summed E-state index contributed by atoms with van der Waals surface area (Å²) >= 11 is 0. The van der Waals surface area contributed by atoms with E-state index in [1.165, 1.54) is 7.11 Å². The molecule has 2 aromatic carbocycles. The number of anilines is 1. The first-order chi connectivity index (χ1) is 11.5. The standard InChI is InChI=1S/C19H17NO4/c1-11-14(19(22)23-3)8-6-9-15(11)20-18(21)17-12(2)13-7-4-5-10-16(13)24-17/h4-10H,1-3H3,(H,20,21). The molecule has 0 aliphatic heterocycles. The number of fused-ring (bicyclic) bond motifs is 1. The van der Waals surface area contributed by atoms with Crippen LogP contribution in [0.15, 0.2) is 46.9 Å². The molecule has 1 N–H and O–H groups in total. The van der Waals surface area contributed by atoms with Gasteiger partial charge >= 0.3 is 5.97 Å². The second kappa shape index (κ2) is 6.20. The SMILES string of the molecule is COC(=O)c1cccc(NC(=O)c2oc3ccccc3c2C)c1C. The van der Waals surface area contributed by atoms with Crippen LogP contribution in [0.4, 0.5) is 5.69 Å². The molecular weight excluding hydrogens is 306 g/mol. The number of nitrogens with one attached hydrogen (secondary N) is 1. The Kier molecular flexibility index (Phi) is 4.08. The fourth-order valence-electron chi connectivity index (χ4n) is 2.67. The van der Waals surface area contributed by atoms with Gasteiger partial charge in [-0.15, -0.1) is 0 Å². The Bertz CT molecular complexity index is 940. The number of benzene rings is 2. The molecule has 3 aromatic rings. The second-order valence-corrected chi connectivity index (χ2v) is 5.48. The van der Waals surface area contributed by atoms with Crippen LogP contribution < -0.4 is 5.32 Å². The fourth-order valence-corrected chi connectivity index (χ4v) is 2.67. The molecule has 0 aliphatic carbocycles. The van der Waals surface area contributed by atoms with Gasteiger partial charge in [0.25, 0.3) is 5.91 Å². The molecule has 0 spiro atoms. The maximum Gasteiger partial charge on any atom is 0.338 e. The predicted molar refractivity (Wildman–Crippen MR) is 91.4 cm³/mol. The highest BCUT2D eigenvalue weighted by Crippen LogP contribution is 2.26. The third kappa shape index (κ3) is 2.65. The summed E-state index contributed by atoms with van der Waals surface area (Å²) in [6.07, 6.45) is 0. The van der Waals surface area contributed by atoms with Crippen LogP contribution in [0.25, 0.3) is 11.0 Å². The molecule has 0 saturated carbocycles. The van der Waals surface area contributed by atoms with Gasteiger partial charge < -0.3 is 14.5 Å². The molecule has 0 fully saturated rings. The highest BCUT2D eigenvalue weighted by Gasteiger charge is 2.19. The quantitative estimate of drug-likeness (QED) is 0.737. The van der Waals surface area contributed by atoms with Gasteiger partial charge in [0, 0.05) is 16.6 Å². The van der Waals surface area contributed by atoms with E-state index >= 15 is 0 Å². The lowest BCUT2D eigenvalue weighted by Gasteiger charge is -2.10. The number of ether oxygens (including phenoxy) is 1. The van der Waals surface area contributed by atoms with E-state index < -0.39 is 5.97 Å². The topological polar surface area (TPSA) is 68.5 Å². The second-order valence-electron chi connectivity index (χ2n) is 5.48. The van der Waals surface area contributed by atoms with E-state index in [4.69, 9.17) is 9.15 Å². The largest absolute Gasteiger partial charge is 0.465 e. The van der Waals surface area contributed by atoms with Gasteiger partial charge in [0.15, 0.2) is 5.76 Å². The van der Waals surface area contributed by atoms with Crippen molar-refractivity contribution in [3.8, 4) is 0 Å². The lowest BCUT2D eigenvalue weighted by Crippen LogP contribution is -2.14. The van der Waals surface area contributed by atoms with Gasteiger partial charge in [0.1, 0.15) is 5.58 Å². The van der Waals surface area contributed by atoms with Crippen molar-refractivity contribution in [2.75, 3.05) is 12.4 Å². The first-order valence-electron chi connectivity index (χ1n) is 7.50. The summed E-state index contributed by atoms with van der Waals surface area (Å²) in [7, 11) is 1.32. The summed E-state index contributed by atoms with van der Waals surface area (Å²) in [6.45, 7) is 3.60. The van der Waals surface area contributed by atoms with Gasteiger partial charge in [0.2, 0.25) is 0 Å². The zero-order valence-corrected chi connectivity index (χ0v) is 13.7. The molecule has 122 valence electrons. The van der Waals surface area contributed by atoms with Crippen molar-refractivity contribution in [1.29, 1.82) is 0 Å². The maximum atomic E-state index is 12.6. The van der Waals surface area contributed by atoms with E-state index in [2.05, 4.69) is 5.32 Å². The number of rotatable bonds is 3. The van der Waals surface area contributed by atoms with Crippen LogP contribution in [-0.2, 0) is 4.74 Å². The number of hydrogen-bond donors (Lipinski definition) is 1. The summed E-state index contributed by atoms with van der Waals surface area (Å²) in [5, 5.41) is 3.71. The molecular formula is C19H17NO4. The van der Waals surface area contributed by atoms with Crippen molar-refractivity contribution >= 4 is 28.5 Å². The lowest BCUT2D eigenvalue weighted by atomic mass is 10.1. The molecule has 1 heterocycles. The molecule has 1 amide bonds. The molecule has 0 aliphatic rings. The monoisotopic (exact) mass is 323 g/mol. The number of carbonyl (C=O) groups excluding carboxylic acids is 2. The third-order valence-electron chi connectivity index (χ3n) is 4.04. The van der Waals surface area contributed by atoms with E-state index in [9.17, 15) is 9.59 Å². The fraction of sp³-hybridized carbons (Fsp3) is 0.158. The average molecular weight is 323 g/mol. The van der Waals surface area contributed by atoms with E-state index in [0.717, 1.165) is 10.9 Å². The Morgan fingerprint density at radius 3 is 2.46 bits per heavy atom. The van der Waals surface area contributed by atoms with Crippen LogP contribution in [0.1, 0.15) is 32.0 Å². The number of furan rings is 1. The van der Waals surface area contributed by atoms with Gasteiger partial charge in [-0.2, -0.15) is 0 Å². The lowest BCUT2D eigenvalue weighted by molar-refractivity contribution is 0.0599. The number of esters is 1. The van der Waals surface area contributed by atoms with Crippen molar-refractivity contribution in [1.82, 2.24) is 0 Å². The minimum absolute atomic E-state index is 0.263. The molecule has 5 heteroatoms. The Morgan fingerprint density at radius 1 is 1.00 bits per heavy atom. The number of aryl methyl sites for hydroxylation is 1. The summed E-state index contributed by atoms with van der Waals surface area (Å²) in [5.41, 5.74) is 3.05. The normalized spacial score (nSPS) is 10.6.